The average molecular weight is 550 g/mol. The summed E-state index contributed by atoms with van der Waals surface area (Å²) in [5.74, 6) is 2.44. The van der Waals surface area contributed by atoms with Crippen molar-refractivity contribution in [3.8, 4) is 5.75 Å². The lowest BCUT2D eigenvalue weighted by Crippen LogP contribution is -2.50. The number of amides is 1. The second-order valence-electron chi connectivity index (χ2n) is 10.5. The van der Waals surface area contributed by atoms with Crippen molar-refractivity contribution < 1.29 is 14.3 Å². The molecule has 192 valence electrons. The van der Waals surface area contributed by atoms with Crippen molar-refractivity contribution in [2.45, 2.75) is 39.2 Å². The molecule has 2 aromatic rings. The number of carbonyl (C=O) groups is 1. The van der Waals surface area contributed by atoms with Crippen LogP contribution < -0.4 is 14.5 Å². The summed E-state index contributed by atoms with van der Waals surface area (Å²) < 4.78 is 12.8. The third kappa shape index (κ3) is 5.91. The third-order valence-electron chi connectivity index (χ3n) is 6.23. The predicted molar refractivity (Wildman–Crippen MR) is 143 cm³/mol. The number of piperazine rings is 1. The highest BCUT2D eigenvalue weighted by atomic mass is 79.9. The van der Waals surface area contributed by atoms with Crippen LogP contribution in [-0.2, 0) is 11.2 Å². The molecule has 9 nitrogen and oxygen atoms in total. The minimum Gasteiger partial charge on any atom is -0.492 e. The standard InChI is InChI=1S/C25H37BrN6O3/c1-25(2,3)35-24(33)32-13-11-31(12-14-32)22-20-19(16-18(26)17-8-7-15-34-21(17)20)27-23(28-22)30(6)10-9-29(4)5/h16H,7-15H2,1-6H3. The number of anilines is 2. The van der Waals surface area contributed by atoms with Crippen LogP contribution in [0.4, 0.5) is 16.6 Å². The Balaban J connectivity index is 1.69. The number of carbonyl (C=O) groups excluding carboxylic acids is 1. The first kappa shape index (κ1) is 25.8. The lowest BCUT2D eigenvalue weighted by atomic mass is 10.0. The molecular formula is C25H37BrN6O3. The number of likely N-dealkylation sites (N-methyl/N-ethyl adjacent to an activating group) is 2. The van der Waals surface area contributed by atoms with Crippen LogP contribution in [-0.4, -0.2) is 98.5 Å². The van der Waals surface area contributed by atoms with Crippen molar-refractivity contribution >= 4 is 44.7 Å². The van der Waals surface area contributed by atoms with Gasteiger partial charge in [0.2, 0.25) is 5.95 Å². The van der Waals surface area contributed by atoms with Gasteiger partial charge in [-0.05, 0) is 53.8 Å². The summed E-state index contributed by atoms with van der Waals surface area (Å²) in [6.45, 7) is 10.6. The molecule has 0 saturated carbocycles. The van der Waals surface area contributed by atoms with Crippen LogP contribution in [0.3, 0.4) is 0 Å². The lowest BCUT2D eigenvalue weighted by Gasteiger charge is -2.37. The molecule has 0 unspecified atom stereocenters. The van der Waals surface area contributed by atoms with Crippen molar-refractivity contribution in [3.05, 3.63) is 16.1 Å². The van der Waals surface area contributed by atoms with Gasteiger partial charge < -0.3 is 29.1 Å². The zero-order valence-corrected chi connectivity index (χ0v) is 23.3. The van der Waals surface area contributed by atoms with Gasteiger partial charge in [-0.2, -0.15) is 4.98 Å². The van der Waals surface area contributed by atoms with Gasteiger partial charge >= 0.3 is 6.09 Å². The Morgan fingerprint density at radius 3 is 2.51 bits per heavy atom. The molecular weight excluding hydrogens is 512 g/mol. The van der Waals surface area contributed by atoms with E-state index in [4.69, 9.17) is 19.4 Å². The normalized spacial score (nSPS) is 16.3. The van der Waals surface area contributed by atoms with Crippen molar-refractivity contribution in [2.75, 3.05) is 76.8 Å². The number of nitrogens with zero attached hydrogens (tertiary/aromatic N) is 6. The lowest BCUT2D eigenvalue weighted by molar-refractivity contribution is 0.0240. The number of halogens is 1. The molecule has 1 fully saturated rings. The molecule has 0 atom stereocenters. The van der Waals surface area contributed by atoms with Crippen LogP contribution in [0.15, 0.2) is 10.5 Å². The monoisotopic (exact) mass is 548 g/mol. The number of aromatic nitrogens is 2. The van der Waals surface area contributed by atoms with Crippen molar-refractivity contribution in [1.29, 1.82) is 0 Å². The zero-order chi connectivity index (χ0) is 25.3. The Hall–Kier alpha value is -2.33. The van der Waals surface area contributed by atoms with E-state index in [1.54, 1.807) is 4.90 Å². The maximum absolute atomic E-state index is 12.6. The zero-order valence-electron chi connectivity index (χ0n) is 21.7. The average Bonchev–Trinajstić information content (AvgIpc) is 2.81. The number of ether oxygens (including phenoxy) is 2. The van der Waals surface area contributed by atoms with Gasteiger partial charge in [-0.25, -0.2) is 9.78 Å². The van der Waals surface area contributed by atoms with E-state index in [0.717, 1.165) is 52.9 Å². The van der Waals surface area contributed by atoms with E-state index < -0.39 is 5.60 Å². The van der Waals surface area contributed by atoms with E-state index in [0.29, 0.717) is 38.7 Å². The highest BCUT2D eigenvalue weighted by molar-refractivity contribution is 9.10. The first-order chi connectivity index (χ1) is 16.5. The SMILES string of the molecule is CN(C)CCN(C)c1nc(N2CCN(C(=O)OC(C)(C)C)CC2)c2c3c(c(Br)cc2n1)CCCO3. The highest BCUT2D eigenvalue weighted by Crippen LogP contribution is 2.42. The molecule has 3 heterocycles. The summed E-state index contributed by atoms with van der Waals surface area (Å²) in [6, 6.07) is 2.09. The fourth-order valence-corrected chi connectivity index (χ4v) is 4.93. The first-order valence-electron chi connectivity index (χ1n) is 12.3. The summed E-state index contributed by atoms with van der Waals surface area (Å²) in [5.41, 5.74) is 1.53. The Morgan fingerprint density at radius 2 is 1.86 bits per heavy atom. The molecule has 1 aromatic carbocycles. The maximum atomic E-state index is 12.6. The summed E-state index contributed by atoms with van der Waals surface area (Å²) in [6.07, 6.45) is 1.69. The first-order valence-corrected chi connectivity index (χ1v) is 13.1. The molecule has 0 aliphatic carbocycles. The molecule has 0 N–H and O–H groups in total. The van der Waals surface area contributed by atoms with Crippen LogP contribution in [0.5, 0.6) is 5.75 Å². The maximum Gasteiger partial charge on any atom is 0.410 e. The Labute approximate surface area is 216 Å². The third-order valence-corrected chi connectivity index (χ3v) is 6.94. The highest BCUT2D eigenvalue weighted by Gasteiger charge is 2.30. The van der Waals surface area contributed by atoms with Gasteiger partial charge in [0.1, 0.15) is 17.2 Å². The molecule has 2 aliphatic rings. The van der Waals surface area contributed by atoms with Gasteiger partial charge in [0.05, 0.1) is 17.5 Å². The van der Waals surface area contributed by atoms with Gasteiger partial charge in [0, 0.05) is 56.4 Å². The molecule has 1 saturated heterocycles. The number of benzene rings is 1. The molecule has 10 heteroatoms. The van der Waals surface area contributed by atoms with Gasteiger partial charge in [0.25, 0.3) is 0 Å². The topological polar surface area (TPSA) is 74.3 Å². The van der Waals surface area contributed by atoms with Crippen LogP contribution in [0.25, 0.3) is 10.9 Å². The number of hydrogen-bond donors (Lipinski definition) is 0. The van der Waals surface area contributed by atoms with Crippen LogP contribution in [0.2, 0.25) is 0 Å². The van der Waals surface area contributed by atoms with Gasteiger partial charge in [-0.15, -0.1) is 0 Å². The van der Waals surface area contributed by atoms with E-state index >= 15 is 0 Å². The van der Waals surface area contributed by atoms with E-state index in [2.05, 4.69) is 50.8 Å². The fraction of sp³-hybridized carbons (Fsp3) is 0.640. The largest absolute Gasteiger partial charge is 0.492 e. The van der Waals surface area contributed by atoms with Gasteiger partial charge in [0.15, 0.2) is 0 Å². The number of rotatable bonds is 5. The van der Waals surface area contributed by atoms with E-state index in [1.165, 1.54) is 5.56 Å². The van der Waals surface area contributed by atoms with Crippen LogP contribution in [0.1, 0.15) is 32.8 Å². The quantitative estimate of drug-likeness (QED) is 0.558. The summed E-state index contributed by atoms with van der Waals surface area (Å²) in [5, 5.41) is 0.957. The molecule has 35 heavy (non-hydrogen) atoms. The Kier molecular flexibility index (Phi) is 7.61. The van der Waals surface area contributed by atoms with Crippen molar-refractivity contribution in [1.82, 2.24) is 19.8 Å². The Bertz CT molecular complexity index is 1080. The van der Waals surface area contributed by atoms with Crippen LogP contribution >= 0.6 is 15.9 Å². The van der Waals surface area contributed by atoms with Gasteiger partial charge in [-0.3, -0.25) is 0 Å². The molecule has 0 spiro atoms. The van der Waals surface area contributed by atoms with Crippen LogP contribution in [0, 0.1) is 0 Å². The molecule has 0 bridgehead atoms. The van der Waals surface area contributed by atoms with E-state index in [9.17, 15) is 4.79 Å². The summed E-state index contributed by atoms with van der Waals surface area (Å²) in [7, 11) is 6.15. The number of fused-ring (bicyclic) bond motifs is 3. The summed E-state index contributed by atoms with van der Waals surface area (Å²) >= 11 is 3.75. The number of hydrogen-bond acceptors (Lipinski definition) is 8. The molecule has 2 aliphatic heterocycles. The van der Waals surface area contributed by atoms with Crippen molar-refractivity contribution in [3.63, 3.8) is 0 Å². The smallest absolute Gasteiger partial charge is 0.410 e. The Morgan fingerprint density at radius 1 is 1.14 bits per heavy atom. The molecule has 1 amide bonds. The van der Waals surface area contributed by atoms with E-state index in [1.807, 2.05) is 27.8 Å². The second-order valence-corrected chi connectivity index (χ2v) is 11.4. The fourth-order valence-electron chi connectivity index (χ4n) is 4.33. The van der Waals surface area contributed by atoms with Crippen molar-refractivity contribution in [2.24, 2.45) is 0 Å². The van der Waals surface area contributed by atoms with E-state index in [-0.39, 0.29) is 6.09 Å². The molecule has 1 aromatic heterocycles. The minimum atomic E-state index is -0.507. The van der Waals surface area contributed by atoms with Gasteiger partial charge in [-0.1, -0.05) is 15.9 Å². The molecule has 4 rings (SSSR count). The minimum absolute atomic E-state index is 0.265. The molecule has 0 radical (unpaired) electrons. The summed E-state index contributed by atoms with van der Waals surface area (Å²) in [4.78, 5) is 30.9. The second kappa shape index (κ2) is 10.3. The predicted octanol–water partition coefficient (Wildman–Crippen LogP) is 3.77.